The quantitative estimate of drug-likeness (QED) is 0.448. The van der Waals surface area contributed by atoms with Crippen LogP contribution < -0.4 is 4.90 Å². The predicted molar refractivity (Wildman–Crippen MR) is 75.9 cm³/mol. The van der Waals surface area contributed by atoms with E-state index in [0.29, 0.717) is 5.56 Å². The highest BCUT2D eigenvalue weighted by Crippen LogP contribution is 2.27. The van der Waals surface area contributed by atoms with Crippen molar-refractivity contribution in [2.45, 2.75) is 40.2 Å². The van der Waals surface area contributed by atoms with Crippen LogP contribution in [0.15, 0.2) is 18.2 Å². The van der Waals surface area contributed by atoms with Gasteiger partial charge in [-0.2, -0.15) is 0 Å². The van der Waals surface area contributed by atoms with Gasteiger partial charge in [0, 0.05) is 36.0 Å². The Hall–Kier alpha value is -1.91. The average Bonchev–Trinajstić information content (AvgIpc) is 2.34. The first-order valence-electron chi connectivity index (χ1n) is 6.44. The van der Waals surface area contributed by atoms with Crippen LogP contribution in [-0.4, -0.2) is 23.3 Å². The highest BCUT2D eigenvalue weighted by Gasteiger charge is 2.19. The van der Waals surface area contributed by atoms with E-state index in [2.05, 4.69) is 11.8 Å². The molecule has 19 heavy (non-hydrogen) atoms. The van der Waals surface area contributed by atoms with E-state index >= 15 is 0 Å². The van der Waals surface area contributed by atoms with Gasteiger partial charge in [0.2, 0.25) is 0 Å². The minimum atomic E-state index is -0.476. The normalized spacial score (nSPS) is 10.6. The Morgan fingerprint density at radius 3 is 2.47 bits per heavy atom. The third-order valence-corrected chi connectivity index (χ3v) is 2.97. The molecule has 0 saturated carbocycles. The number of nitro benzene ring substituents is 1. The molecule has 0 fully saturated rings. The number of carbonyl (C=O) groups is 1. The van der Waals surface area contributed by atoms with Crippen molar-refractivity contribution in [1.82, 2.24) is 0 Å². The monoisotopic (exact) mass is 264 g/mol. The fraction of sp³-hybridized carbons (Fsp3) is 0.500. The molecule has 0 amide bonds. The van der Waals surface area contributed by atoms with Crippen molar-refractivity contribution in [1.29, 1.82) is 0 Å². The van der Waals surface area contributed by atoms with Crippen molar-refractivity contribution in [3.63, 3.8) is 0 Å². The van der Waals surface area contributed by atoms with Crippen LogP contribution in [0.4, 0.5) is 11.4 Å². The van der Waals surface area contributed by atoms with Gasteiger partial charge >= 0.3 is 0 Å². The molecule has 0 aliphatic heterocycles. The van der Waals surface area contributed by atoms with Gasteiger partial charge in [0.1, 0.15) is 0 Å². The van der Waals surface area contributed by atoms with Gasteiger partial charge in [-0.1, -0.05) is 6.92 Å². The van der Waals surface area contributed by atoms with E-state index < -0.39 is 4.92 Å². The van der Waals surface area contributed by atoms with E-state index in [0.717, 1.165) is 18.7 Å². The van der Waals surface area contributed by atoms with Crippen LogP contribution >= 0.6 is 0 Å². The number of non-ortho nitro benzene ring substituents is 1. The fourth-order valence-electron chi connectivity index (χ4n) is 2.07. The number of Topliss-reactive ketones (excluding diaryl/α,β-unsaturated/α-hetero) is 1. The molecule has 0 bridgehead atoms. The second-order valence-electron chi connectivity index (χ2n) is 4.80. The van der Waals surface area contributed by atoms with Crippen LogP contribution in [0.3, 0.4) is 0 Å². The van der Waals surface area contributed by atoms with Crippen molar-refractivity contribution < 1.29 is 9.72 Å². The first-order chi connectivity index (χ1) is 8.88. The van der Waals surface area contributed by atoms with Crippen LogP contribution in [0.1, 0.15) is 44.5 Å². The molecule has 0 radical (unpaired) electrons. The summed E-state index contributed by atoms with van der Waals surface area (Å²) in [7, 11) is 0. The van der Waals surface area contributed by atoms with Gasteiger partial charge in [-0.3, -0.25) is 14.9 Å². The zero-order valence-corrected chi connectivity index (χ0v) is 11.8. The molecule has 0 aromatic heterocycles. The molecule has 5 nitrogen and oxygen atoms in total. The zero-order valence-electron chi connectivity index (χ0n) is 11.8. The van der Waals surface area contributed by atoms with Crippen molar-refractivity contribution in [2.75, 3.05) is 11.4 Å². The molecule has 0 N–H and O–H groups in total. The molecule has 0 aliphatic carbocycles. The lowest BCUT2D eigenvalue weighted by molar-refractivity contribution is -0.384. The summed E-state index contributed by atoms with van der Waals surface area (Å²) in [6.45, 7) is 8.40. The first kappa shape index (κ1) is 15.1. The summed E-state index contributed by atoms with van der Waals surface area (Å²) >= 11 is 0. The third-order valence-electron chi connectivity index (χ3n) is 2.97. The standard InChI is InChI=1S/C14H20N2O3/c1-5-8-15(10(2)3)14-7-6-12(16(18)19)9-13(14)11(4)17/h6-7,9-10H,5,8H2,1-4H3. The summed E-state index contributed by atoms with van der Waals surface area (Å²) in [5.41, 5.74) is 1.14. The van der Waals surface area contributed by atoms with Gasteiger partial charge in [0.15, 0.2) is 5.78 Å². The van der Waals surface area contributed by atoms with Crippen LogP contribution in [0.5, 0.6) is 0 Å². The van der Waals surface area contributed by atoms with Crippen molar-refractivity contribution >= 4 is 17.2 Å². The zero-order chi connectivity index (χ0) is 14.6. The highest BCUT2D eigenvalue weighted by atomic mass is 16.6. The Balaban J connectivity index is 3.32. The lowest BCUT2D eigenvalue weighted by Gasteiger charge is -2.30. The summed E-state index contributed by atoms with van der Waals surface area (Å²) in [6.07, 6.45) is 0.951. The van der Waals surface area contributed by atoms with Crippen LogP contribution in [0.2, 0.25) is 0 Å². The second kappa shape index (κ2) is 6.31. The van der Waals surface area contributed by atoms with E-state index in [-0.39, 0.29) is 17.5 Å². The molecule has 0 heterocycles. The molecular formula is C14H20N2O3. The molecule has 1 aromatic carbocycles. The Kier molecular flexibility index (Phi) is 5.03. The largest absolute Gasteiger partial charge is 0.369 e. The number of rotatable bonds is 6. The minimum Gasteiger partial charge on any atom is -0.369 e. The Bertz CT molecular complexity index is 484. The number of hydrogen-bond donors (Lipinski definition) is 0. The summed E-state index contributed by atoms with van der Waals surface area (Å²) in [6, 6.07) is 4.72. The van der Waals surface area contributed by atoms with Gasteiger partial charge in [-0.15, -0.1) is 0 Å². The summed E-state index contributed by atoms with van der Waals surface area (Å²) < 4.78 is 0. The van der Waals surface area contributed by atoms with Gasteiger partial charge in [0.05, 0.1) is 4.92 Å². The average molecular weight is 264 g/mol. The Labute approximate surface area is 113 Å². The third kappa shape index (κ3) is 3.53. The summed E-state index contributed by atoms with van der Waals surface area (Å²) in [4.78, 5) is 24.1. The van der Waals surface area contributed by atoms with Crippen LogP contribution in [-0.2, 0) is 0 Å². The maximum Gasteiger partial charge on any atom is 0.270 e. The second-order valence-corrected chi connectivity index (χ2v) is 4.80. The van der Waals surface area contributed by atoms with Crippen molar-refractivity contribution in [3.05, 3.63) is 33.9 Å². The summed E-state index contributed by atoms with van der Waals surface area (Å²) in [5, 5.41) is 10.8. The van der Waals surface area contributed by atoms with Gasteiger partial charge < -0.3 is 4.90 Å². The molecule has 1 aromatic rings. The molecule has 0 unspecified atom stereocenters. The maximum atomic E-state index is 11.7. The SMILES string of the molecule is CCCN(c1ccc([N+](=O)[O-])cc1C(C)=O)C(C)C. The lowest BCUT2D eigenvalue weighted by atomic mass is 10.1. The number of ketones is 1. The smallest absolute Gasteiger partial charge is 0.270 e. The first-order valence-corrected chi connectivity index (χ1v) is 6.44. The number of nitro groups is 1. The van der Waals surface area contributed by atoms with Gasteiger partial charge in [0.25, 0.3) is 5.69 Å². The fourth-order valence-corrected chi connectivity index (χ4v) is 2.07. The van der Waals surface area contributed by atoms with Crippen molar-refractivity contribution in [3.8, 4) is 0 Å². The van der Waals surface area contributed by atoms with E-state index in [4.69, 9.17) is 0 Å². The number of hydrogen-bond acceptors (Lipinski definition) is 4. The van der Waals surface area contributed by atoms with Crippen LogP contribution in [0.25, 0.3) is 0 Å². The maximum absolute atomic E-state index is 11.7. The van der Waals surface area contributed by atoms with Gasteiger partial charge in [-0.05, 0) is 33.3 Å². The molecule has 0 atom stereocenters. The van der Waals surface area contributed by atoms with Crippen LogP contribution in [0, 0.1) is 10.1 Å². The molecule has 0 aliphatic rings. The highest BCUT2D eigenvalue weighted by molar-refractivity contribution is 6.00. The molecule has 0 spiro atoms. The molecule has 5 heteroatoms. The molecule has 1 rings (SSSR count). The topological polar surface area (TPSA) is 63.4 Å². The number of benzene rings is 1. The number of carbonyl (C=O) groups excluding carboxylic acids is 1. The van der Waals surface area contributed by atoms with E-state index in [1.807, 2.05) is 13.8 Å². The van der Waals surface area contributed by atoms with E-state index in [9.17, 15) is 14.9 Å². The van der Waals surface area contributed by atoms with E-state index in [1.165, 1.54) is 19.1 Å². The molecular weight excluding hydrogens is 244 g/mol. The summed E-state index contributed by atoms with van der Waals surface area (Å²) in [5.74, 6) is -0.152. The predicted octanol–water partition coefficient (Wildman–Crippen LogP) is 3.42. The molecule has 104 valence electrons. The lowest BCUT2D eigenvalue weighted by Crippen LogP contribution is -2.32. The minimum absolute atomic E-state index is 0.0471. The Morgan fingerprint density at radius 1 is 1.42 bits per heavy atom. The number of anilines is 1. The molecule has 0 saturated heterocycles. The van der Waals surface area contributed by atoms with Gasteiger partial charge in [-0.25, -0.2) is 0 Å². The van der Waals surface area contributed by atoms with E-state index in [1.54, 1.807) is 6.07 Å². The number of nitrogens with zero attached hydrogens (tertiary/aromatic N) is 2. The van der Waals surface area contributed by atoms with Crippen molar-refractivity contribution in [2.24, 2.45) is 0 Å². The Morgan fingerprint density at radius 2 is 2.05 bits per heavy atom.